The van der Waals surface area contributed by atoms with Gasteiger partial charge >= 0.3 is 0 Å². The lowest BCUT2D eigenvalue weighted by molar-refractivity contribution is -0.137. The number of para-hydroxylation sites is 2. The number of thioether (sulfide) groups is 1. The SMILES string of the molecule is COc1cccc(C(CNC(=O)C2CSC3(C)CCC(=O)N23)c2c[nH]c3ccccc23)c1OC. The molecular formula is C26H29N3O4S. The van der Waals surface area contributed by atoms with Crippen LogP contribution in [0.1, 0.15) is 36.8 Å². The van der Waals surface area contributed by atoms with Gasteiger partial charge in [0, 0.05) is 47.3 Å². The zero-order valence-electron chi connectivity index (χ0n) is 19.6. The lowest BCUT2D eigenvalue weighted by Crippen LogP contribution is -2.50. The number of H-pyrrole nitrogens is 1. The first kappa shape index (κ1) is 22.7. The number of benzene rings is 2. The number of ether oxygens (including phenoxy) is 2. The number of hydrogen-bond acceptors (Lipinski definition) is 5. The Morgan fingerprint density at radius 1 is 1.21 bits per heavy atom. The minimum atomic E-state index is -0.444. The van der Waals surface area contributed by atoms with Gasteiger partial charge in [0.1, 0.15) is 6.04 Å². The Hall–Kier alpha value is -3.13. The number of rotatable bonds is 7. The fourth-order valence-corrected chi connectivity index (χ4v) is 6.72. The number of carbonyl (C=O) groups excluding carboxylic acids is 2. The van der Waals surface area contributed by atoms with E-state index in [-0.39, 0.29) is 22.6 Å². The molecule has 3 heterocycles. The molecule has 2 aliphatic heterocycles. The van der Waals surface area contributed by atoms with Crippen molar-refractivity contribution in [2.45, 2.75) is 36.6 Å². The van der Waals surface area contributed by atoms with Crippen molar-refractivity contribution >= 4 is 34.5 Å². The van der Waals surface area contributed by atoms with E-state index in [1.165, 1.54) is 0 Å². The molecule has 3 atom stereocenters. The van der Waals surface area contributed by atoms with Crippen LogP contribution in [-0.4, -0.2) is 59.1 Å². The molecule has 2 aromatic carbocycles. The van der Waals surface area contributed by atoms with E-state index >= 15 is 0 Å². The molecule has 3 aromatic rings. The van der Waals surface area contributed by atoms with Crippen molar-refractivity contribution < 1.29 is 19.1 Å². The number of aromatic nitrogens is 1. The summed E-state index contributed by atoms with van der Waals surface area (Å²) < 4.78 is 11.3. The molecule has 178 valence electrons. The third kappa shape index (κ3) is 3.70. The lowest BCUT2D eigenvalue weighted by atomic mass is 9.89. The molecule has 34 heavy (non-hydrogen) atoms. The highest BCUT2D eigenvalue weighted by Crippen LogP contribution is 2.47. The van der Waals surface area contributed by atoms with Gasteiger partial charge in [0.25, 0.3) is 0 Å². The molecule has 2 fully saturated rings. The predicted molar refractivity (Wildman–Crippen MR) is 133 cm³/mol. The molecule has 3 unspecified atom stereocenters. The van der Waals surface area contributed by atoms with E-state index in [9.17, 15) is 9.59 Å². The fourth-order valence-electron chi connectivity index (χ4n) is 5.29. The molecule has 0 bridgehead atoms. The van der Waals surface area contributed by atoms with Crippen LogP contribution in [-0.2, 0) is 9.59 Å². The van der Waals surface area contributed by atoms with Crippen molar-refractivity contribution in [2.75, 3.05) is 26.5 Å². The Morgan fingerprint density at radius 3 is 2.82 bits per heavy atom. The average molecular weight is 480 g/mol. The first-order chi connectivity index (χ1) is 16.5. The normalized spacial score (nSPS) is 22.6. The Balaban J connectivity index is 1.48. The Bertz CT molecular complexity index is 1240. The third-order valence-corrected chi connectivity index (χ3v) is 8.54. The molecule has 2 amide bonds. The van der Waals surface area contributed by atoms with Gasteiger partial charge < -0.3 is 24.7 Å². The summed E-state index contributed by atoms with van der Waals surface area (Å²) >= 11 is 1.70. The van der Waals surface area contributed by atoms with E-state index in [0.29, 0.717) is 30.2 Å². The quantitative estimate of drug-likeness (QED) is 0.537. The third-order valence-electron chi connectivity index (χ3n) is 7.03. The molecule has 0 saturated carbocycles. The summed E-state index contributed by atoms with van der Waals surface area (Å²) in [7, 11) is 3.24. The predicted octanol–water partition coefficient (Wildman–Crippen LogP) is 3.89. The number of carbonyl (C=O) groups is 2. The minimum Gasteiger partial charge on any atom is -0.493 e. The van der Waals surface area contributed by atoms with Crippen LogP contribution in [0.25, 0.3) is 10.9 Å². The van der Waals surface area contributed by atoms with Gasteiger partial charge in [0.15, 0.2) is 11.5 Å². The highest BCUT2D eigenvalue weighted by atomic mass is 32.2. The van der Waals surface area contributed by atoms with Crippen molar-refractivity contribution in [3.63, 3.8) is 0 Å². The lowest BCUT2D eigenvalue weighted by Gasteiger charge is -2.30. The molecule has 7 nitrogen and oxygen atoms in total. The maximum atomic E-state index is 13.3. The largest absolute Gasteiger partial charge is 0.493 e. The standard InChI is InChI=1S/C26H29N3O4S/c1-26-12-11-23(30)29(26)21(15-34-26)25(31)28-14-19(17-8-6-10-22(32-2)24(17)33-3)18-13-27-20-9-5-4-7-16(18)20/h4-10,13,19,21,27H,11-12,14-15H2,1-3H3,(H,28,31). The molecule has 8 heteroatoms. The topological polar surface area (TPSA) is 83.7 Å². The van der Waals surface area contributed by atoms with E-state index < -0.39 is 6.04 Å². The van der Waals surface area contributed by atoms with Crippen LogP contribution in [0.15, 0.2) is 48.7 Å². The maximum Gasteiger partial charge on any atom is 0.243 e. The van der Waals surface area contributed by atoms with Crippen LogP contribution in [0.3, 0.4) is 0 Å². The van der Waals surface area contributed by atoms with Crippen LogP contribution in [0.2, 0.25) is 0 Å². The maximum absolute atomic E-state index is 13.3. The summed E-state index contributed by atoms with van der Waals surface area (Å²) in [4.78, 5) is 30.7. The van der Waals surface area contributed by atoms with Crippen LogP contribution in [0.5, 0.6) is 11.5 Å². The van der Waals surface area contributed by atoms with Gasteiger partial charge in [-0.15, -0.1) is 11.8 Å². The number of hydrogen-bond donors (Lipinski definition) is 2. The second-order valence-electron chi connectivity index (χ2n) is 8.94. The molecule has 2 aliphatic rings. The molecule has 5 rings (SSSR count). The molecule has 2 N–H and O–H groups in total. The summed E-state index contributed by atoms with van der Waals surface area (Å²) in [6, 6.07) is 13.5. The van der Waals surface area contributed by atoms with Gasteiger partial charge in [0.2, 0.25) is 11.8 Å². The van der Waals surface area contributed by atoms with Gasteiger partial charge in [-0.05, 0) is 31.0 Å². The van der Waals surface area contributed by atoms with Crippen LogP contribution < -0.4 is 14.8 Å². The van der Waals surface area contributed by atoms with E-state index in [2.05, 4.69) is 23.3 Å². The minimum absolute atomic E-state index is 0.0651. The number of nitrogens with zero attached hydrogens (tertiary/aromatic N) is 1. The Labute approximate surface area is 203 Å². The number of aromatic amines is 1. The Kier molecular flexibility index (Phi) is 5.93. The van der Waals surface area contributed by atoms with Crippen LogP contribution in [0, 0.1) is 0 Å². The number of methoxy groups -OCH3 is 2. The Morgan fingerprint density at radius 2 is 2.03 bits per heavy atom. The van der Waals surface area contributed by atoms with Gasteiger partial charge in [-0.1, -0.05) is 30.3 Å². The van der Waals surface area contributed by atoms with Gasteiger partial charge in [-0.25, -0.2) is 0 Å². The van der Waals surface area contributed by atoms with E-state index in [0.717, 1.165) is 28.5 Å². The van der Waals surface area contributed by atoms with E-state index in [1.807, 2.05) is 42.6 Å². The summed E-state index contributed by atoms with van der Waals surface area (Å²) in [5.74, 6) is 1.68. The zero-order chi connectivity index (χ0) is 23.9. The summed E-state index contributed by atoms with van der Waals surface area (Å²) in [6.45, 7) is 2.43. The van der Waals surface area contributed by atoms with Gasteiger partial charge in [0.05, 0.1) is 19.1 Å². The van der Waals surface area contributed by atoms with Crippen molar-refractivity contribution in [1.29, 1.82) is 0 Å². The average Bonchev–Trinajstić information content (AvgIpc) is 3.52. The smallest absolute Gasteiger partial charge is 0.243 e. The van der Waals surface area contributed by atoms with Crippen molar-refractivity contribution in [3.8, 4) is 11.5 Å². The fraction of sp³-hybridized carbons (Fsp3) is 0.385. The van der Waals surface area contributed by atoms with Crippen molar-refractivity contribution in [2.24, 2.45) is 0 Å². The molecule has 0 aliphatic carbocycles. The molecule has 1 aromatic heterocycles. The molecular weight excluding hydrogens is 450 g/mol. The zero-order valence-corrected chi connectivity index (χ0v) is 20.4. The second-order valence-corrected chi connectivity index (χ2v) is 10.4. The summed E-state index contributed by atoms with van der Waals surface area (Å²) in [6.07, 6.45) is 3.29. The highest BCUT2D eigenvalue weighted by molar-refractivity contribution is 8.01. The number of amides is 2. The first-order valence-electron chi connectivity index (χ1n) is 11.5. The molecule has 2 saturated heterocycles. The van der Waals surface area contributed by atoms with Crippen molar-refractivity contribution in [3.05, 3.63) is 59.8 Å². The molecule has 0 spiro atoms. The van der Waals surface area contributed by atoms with Crippen LogP contribution in [0.4, 0.5) is 0 Å². The van der Waals surface area contributed by atoms with Gasteiger partial charge in [-0.2, -0.15) is 0 Å². The van der Waals surface area contributed by atoms with Crippen LogP contribution >= 0.6 is 11.8 Å². The van der Waals surface area contributed by atoms with E-state index in [1.54, 1.807) is 30.9 Å². The highest BCUT2D eigenvalue weighted by Gasteiger charge is 2.52. The van der Waals surface area contributed by atoms with Crippen molar-refractivity contribution in [1.82, 2.24) is 15.2 Å². The van der Waals surface area contributed by atoms with E-state index in [4.69, 9.17) is 9.47 Å². The second kappa shape index (κ2) is 8.91. The number of fused-ring (bicyclic) bond motifs is 2. The first-order valence-corrected chi connectivity index (χ1v) is 12.5. The van der Waals surface area contributed by atoms with Gasteiger partial charge in [-0.3, -0.25) is 9.59 Å². The summed E-state index contributed by atoms with van der Waals surface area (Å²) in [5, 5.41) is 4.25. The number of nitrogens with one attached hydrogen (secondary N) is 2. The monoisotopic (exact) mass is 479 g/mol. The molecule has 0 radical (unpaired) electrons. The summed E-state index contributed by atoms with van der Waals surface area (Å²) in [5.41, 5.74) is 3.02.